The molecule has 0 bridgehead atoms. The van der Waals surface area contributed by atoms with Crippen LogP contribution < -0.4 is 10.2 Å². The van der Waals surface area contributed by atoms with Gasteiger partial charge in [-0.3, -0.25) is 9.59 Å². The summed E-state index contributed by atoms with van der Waals surface area (Å²) in [6, 6.07) is 14.9. The summed E-state index contributed by atoms with van der Waals surface area (Å²) < 4.78 is 0. The zero-order valence-electron chi connectivity index (χ0n) is 17.5. The van der Waals surface area contributed by atoms with Crippen molar-refractivity contribution in [3.05, 3.63) is 59.7 Å². The average molecular weight is 394 g/mol. The van der Waals surface area contributed by atoms with Gasteiger partial charge in [0.25, 0.3) is 11.8 Å². The number of amides is 2. The molecule has 0 atom stereocenters. The summed E-state index contributed by atoms with van der Waals surface area (Å²) in [4.78, 5) is 29.7. The first kappa shape index (κ1) is 20.9. The fourth-order valence-corrected chi connectivity index (χ4v) is 3.71. The maximum absolute atomic E-state index is 12.8. The number of hydrogen-bond acceptors (Lipinski definition) is 3. The Labute approximate surface area is 173 Å². The van der Waals surface area contributed by atoms with Crippen LogP contribution in [-0.2, 0) is 0 Å². The average Bonchev–Trinajstić information content (AvgIpc) is 3.29. The lowest BCUT2D eigenvalue weighted by Gasteiger charge is -2.23. The minimum Gasteiger partial charge on any atom is -0.372 e. The number of hydrogen-bond donors (Lipinski definition) is 1. The molecule has 0 unspecified atom stereocenters. The van der Waals surface area contributed by atoms with Crippen LogP contribution in [0.25, 0.3) is 0 Å². The largest absolute Gasteiger partial charge is 0.372 e. The number of nitrogens with one attached hydrogen (secondary N) is 1. The van der Waals surface area contributed by atoms with Crippen LogP contribution in [0.4, 0.5) is 11.4 Å². The standard InChI is InChI=1S/C24H31N3O2/c1-3-5-16-26(4-2)20-14-12-19(13-15-20)23(28)25-22-11-7-6-10-21(22)24(29)27-17-8-9-18-27/h6-7,10-15H,3-5,8-9,16-18H2,1-2H3,(H,25,28). The van der Waals surface area contributed by atoms with Gasteiger partial charge in [0.1, 0.15) is 0 Å². The predicted octanol–water partition coefficient (Wildman–Crippen LogP) is 4.80. The number of unbranched alkanes of at least 4 members (excludes halogenated alkanes) is 1. The normalized spacial score (nSPS) is 13.4. The molecule has 3 rings (SSSR count). The van der Waals surface area contributed by atoms with E-state index in [4.69, 9.17) is 0 Å². The van der Waals surface area contributed by atoms with Crippen molar-refractivity contribution in [2.45, 2.75) is 39.5 Å². The number of rotatable bonds is 8. The van der Waals surface area contributed by atoms with E-state index in [1.54, 1.807) is 12.1 Å². The predicted molar refractivity (Wildman–Crippen MR) is 119 cm³/mol. The van der Waals surface area contributed by atoms with Crippen LogP contribution in [0.3, 0.4) is 0 Å². The van der Waals surface area contributed by atoms with E-state index in [1.807, 2.05) is 41.3 Å². The smallest absolute Gasteiger partial charge is 0.255 e. The van der Waals surface area contributed by atoms with Crippen molar-refractivity contribution in [3.63, 3.8) is 0 Å². The van der Waals surface area contributed by atoms with Crippen LogP contribution in [-0.4, -0.2) is 42.9 Å². The molecule has 5 nitrogen and oxygen atoms in total. The third-order valence-corrected chi connectivity index (χ3v) is 5.46. The van der Waals surface area contributed by atoms with E-state index in [-0.39, 0.29) is 11.8 Å². The van der Waals surface area contributed by atoms with Crippen LogP contribution in [0.15, 0.2) is 48.5 Å². The van der Waals surface area contributed by atoms with Crippen LogP contribution in [0.2, 0.25) is 0 Å². The first-order valence-corrected chi connectivity index (χ1v) is 10.7. The number of carbonyl (C=O) groups is 2. The summed E-state index contributed by atoms with van der Waals surface area (Å²) in [5, 5.41) is 2.93. The highest BCUT2D eigenvalue weighted by molar-refractivity contribution is 6.09. The van der Waals surface area contributed by atoms with Crippen molar-refractivity contribution >= 4 is 23.2 Å². The van der Waals surface area contributed by atoms with Gasteiger partial charge in [-0.2, -0.15) is 0 Å². The molecule has 1 fully saturated rings. The monoisotopic (exact) mass is 393 g/mol. The molecule has 0 spiro atoms. The lowest BCUT2D eigenvalue weighted by atomic mass is 10.1. The van der Waals surface area contributed by atoms with Gasteiger partial charge >= 0.3 is 0 Å². The van der Waals surface area contributed by atoms with Gasteiger partial charge in [0, 0.05) is 37.4 Å². The summed E-state index contributed by atoms with van der Waals surface area (Å²) in [6.07, 6.45) is 4.39. The maximum atomic E-state index is 12.8. The molecule has 0 aliphatic carbocycles. The first-order valence-electron chi connectivity index (χ1n) is 10.7. The topological polar surface area (TPSA) is 52.7 Å². The Hall–Kier alpha value is -2.82. The van der Waals surface area contributed by atoms with E-state index >= 15 is 0 Å². The van der Waals surface area contributed by atoms with Crippen molar-refractivity contribution < 1.29 is 9.59 Å². The number of benzene rings is 2. The molecule has 29 heavy (non-hydrogen) atoms. The third-order valence-electron chi connectivity index (χ3n) is 5.46. The fourth-order valence-electron chi connectivity index (χ4n) is 3.71. The fraction of sp³-hybridized carbons (Fsp3) is 0.417. The molecule has 1 heterocycles. The maximum Gasteiger partial charge on any atom is 0.255 e. The van der Waals surface area contributed by atoms with Gasteiger partial charge in [-0.1, -0.05) is 25.5 Å². The second kappa shape index (κ2) is 10.1. The van der Waals surface area contributed by atoms with Crippen molar-refractivity contribution in [3.8, 4) is 0 Å². The number of para-hydroxylation sites is 1. The van der Waals surface area contributed by atoms with Gasteiger partial charge in [-0.25, -0.2) is 0 Å². The quantitative estimate of drug-likeness (QED) is 0.701. The van der Waals surface area contributed by atoms with Gasteiger partial charge < -0.3 is 15.1 Å². The molecular weight excluding hydrogens is 362 g/mol. The van der Waals surface area contributed by atoms with Crippen LogP contribution in [0, 0.1) is 0 Å². The van der Waals surface area contributed by atoms with Gasteiger partial charge in [-0.05, 0) is 62.6 Å². The Balaban J connectivity index is 1.71. The van der Waals surface area contributed by atoms with E-state index in [2.05, 4.69) is 24.1 Å². The zero-order valence-corrected chi connectivity index (χ0v) is 17.5. The summed E-state index contributed by atoms with van der Waals surface area (Å²) in [7, 11) is 0. The molecule has 0 saturated carbocycles. The van der Waals surface area contributed by atoms with Gasteiger partial charge in [0.05, 0.1) is 11.3 Å². The van der Waals surface area contributed by atoms with Gasteiger partial charge in [0.15, 0.2) is 0 Å². The lowest BCUT2D eigenvalue weighted by molar-refractivity contribution is 0.0794. The Morgan fingerprint density at radius 3 is 2.34 bits per heavy atom. The van der Waals surface area contributed by atoms with Crippen LogP contribution in [0.1, 0.15) is 60.2 Å². The van der Waals surface area contributed by atoms with Crippen LogP contribution in [0.5, 0.6) is 0 Å². The molecule has 0 aromatic heterocycles. The SMILES string of the molecule is CCCCN(CC)c1ccc(C(=O)Nc2ccccc2C(=O)N2CCCC2)cc1. The molecule has 1 N–H and O–H groups in total. The molecule has 1 saturated heterocycles. The summed E-state index contributed by atoms with van der Waals surface area (Å²) in [6.45, 7) is 7.86. The van der Waals surface area contributed by atoms with E-state index in [9.17, 15) is 9.59 Å². The summed E-state index contributed by atoms with van der Waals surface area (Å²) in [5.74, 6) is -0.210. The molecule has 5 heteroatoms. The molecule has 2 aromatic rings. The summed E-state index contributed by atoms with van der Waals surface area (Å²) >= 11 is 0. The Morgan fingerprint density at radius 1 is 1.00 bits per heavy atom. The molecule has 0 radical (unpaired) electrons. The highest BCUT2D eigenvalue weighted by Gasteiger charge is 2.22. The minimum absolute atomic E-state index is 0.0109. The highest BCUT2D eigenvalue weighted by atomic mass is 16.2. The van der Waals surface area contributed by atoms with E-state index < -0.39 is 0 Å². The molecule has 1 aliphatic heterocycles. The molecule has 1 aliphatic rings. The Morgan fingerprint density at radius 2 is 1.69 bits per heavy atom. The Kier molecular flexibility index (Phi) is 7.28. The van der Waals surface area contributed by atoms with Crippen molar-refractivity contribution in [1.29, 1.82) is 0 Å². The number of likely N-dealkylation sites (tertiary alicyclic amines) is 1. The van der Waals surface area contributed by atoms with Crippen molar-refractivity contribution in [1.82, 2.24) is 4.90 Å². The van der Waals surface area contributed by atoms with Crippen molar-refractivity contribution in [2.75, 3.05) is 36.4 Å². The zero-order chi connectivity index (χ0) is 20.6. The molecular formula is C24H31N3O2. The minimum atomic E-state index is -0.199. The van der Waals surface area contributed by atoms with E-state index in [0.717, 1.165) is 57.5 Å². The van der Waals surface area contributed by atoms with E-state index in [0.29, 0.717) is 16.8 Å². The third kappa shape index (κ3) is 5.17. The first-order chi connectivity index (χ1) is 14.1. The van der Waals surface area contributed by atoms with E-state index in [1.165, 1.54) is 0 Å². The molecule has 2 aromatic carbocycles. The highest BCUT2D eigenvalue weighted by Crippen LogP contribution is 2.22. The number of anilines is 2. The molecule has 154 valence electrons. The summed E-state index contributed by atoms with van der Waals surface area (Å²) in [5.41, 5.74) is 2.83. The second-order valence-electron chi connectivity index (χ2n) is 7.48. The number of carbonyl (C=O) groups excluding carboxylic acids is 2. The van der Waals surface area contributed by atoms with Gasteiger partial charge in [0.2, 0.25) is 0 Å². The lowest BCUT2D eigenvalue weighted by Crippen LogP contribution is -2.28. The van der Waals surface area contributed by atoms with Crippen molar-refractivity contribution in [2.24, 2.45) is 0 Å². The van der Waals surface area contributed by atoms with Crippen LogP contribution >= 0.6 is 0 Å². The second-order valence-corrected chi connectivity index (χ2v) is 7.48. The molecule has 2 amide bonds. The van der Waals surface area contributed by atoms with Gasteiger partial charge in [-0.15, -0.1) is 0 Å². The Bertz CT molecular complexity index is 826. The number of nitrogens with zero attached hydrogens (tertiary/aromatic N) is 2.